The van der Waals surface area contributed by atoms with Gasteiger partial charge in [0, 0.05) is 42.3 Å². The summed E-state index contributed by atoms with van der Waals surface area (Å²) in [5.74, 6) is 0. The van der Waals surface area contributed by atoms with E-state index < -0.39 is 0 Å². The van der Waals surface area contributed by atoms with Crippen LogP contribution in [0.4, 0.5) is 11.4 Å². The second kappa shape index (κ2) is 8.12. The minimum atomic E-state index is -0.350. The van der Waals surface area contributed by atoms with Gasteiger partial charge in [-0.3, -0.25) is 10.1 Å². The molecule has 0 aromatic heterocycles. The van der Waals surface area contributed by atoms with Crippen molar-refractivity contribution in [2.24, 2.45) is 0 Å². The molecule has 0 N–H and O–H groups in total. The average Bonchev–Trinajstić information content (AvgIpc) is 2.43. The molecular formula is C13H19BrN2O3. The van der Waals surface area contributed by atoms with Crippen LogP contribution in [0.3, 0.4) is 0 Å². The minimum Gasteiger partial charge on any atom is -0.380 e. The molecule has 0 aliphatic carbocycles. The van der Waals surface area contributed by atoms with E-state index in [-0.39, 0.29) is 10.6 Å². The molecular weight excluding hydrogens is 312 g/mol. The Morgan fingerprint density at radius 3 is 2.68 bits per heavy atom. The highest BCUT2D eigenvalue weighted by Crippen LogP contribution is 2.26. The van der Waals surface area contributed by atoms with Crippen LogP contribution in [0, 0.1) is 10.1 Å². The van der Waals surface area contributed by atoms with Gasteiger partial charge in [0.2, 0.25) is 0 Å². The van der Waals surface area contributed by atoms with Gasteiger partial charge in [0.05, 0.1) is 11.5 Å². The van der Waals surface area contributed by atoms with E-state index in [4.69, 9.17) is 4.74 Å². The highest BCUT2D eigenvalue weighted by atomic mass is 79.9. The molecule has 0 spiro atoms. The topological polar surface area (TPSA) is 55.6 Å². The molecule has 1 rings (SSSR count). The molecule has 0 bridgehead atoms. The minimum absolute atomic E-state index is 0.154. The van der Waals surface area contributed by atoms with Gasteiger partial charge in [-0.15, -0.1) is 0 Å². The van der Waals surface area contributed by atoms with E-state index >= 15 is 0 Å². The Labute approximate surface area is 121 Å². The van der Waals surface area contributed by atoms with E-state index in [1.165, 1.54) is 0 Å². The zero-order valence-corrected chi connectivity index (χ0v) is 12.9. The standard InChI is InChI=1S/C13H19BrN2O3/c1-3-15(7-8-19-4-2)12-5-6-13(16(17)18)11(9-12)10-14/h5-6,9H,3-4,7-8,10H2,1-2H3. The number of alkyl halides is 1. The number of nitro benzene ring substituents is 1. The van der Waals surface area contributed by atoms with Crippen molar-refractivity contribution >= 4 is 27.3 Å². The maximum absolute atomic E-state index is 10.9. The van der Waals surface area contributed by atoms with Crippen LogP contribution in [-0.2, 0) is 10.1 Å². The summed E-state index contributed by atoms with van der Waals surface area (Å²) in [6.45, 7) is 7.00. The number of nitrogens with zero attached hydrogens (tertiary/aromatic N) is 2. The van der Waals surface area contributed by atoms with Crippen molar-refractivity contribution < 1.29 is 9.66 Å². The van der Waals surface area contributed by atoms with E-state index in [0.717, 1.165) is 18.8 Å². The molecule has 1 aromatic rings. The number of rotatable bonds is 8. The molecule has 19 heavy (non-hydrogen) atoms. The van der Waals surface area contributed by atoms with Crippen LogP contribution in [0.1, 0.15) is 19.4 Å². The van der Waals surface area contributed by atoms with Crippen molar-refractivity contribution in [3.05, 3.63) is 33.9 Å². The fourth-order valence-electron chi connectivity index (χ4n) is 1.84. The van der Waals surface area contributed by atoms with Crippen molar-refractivity contribution in [1.82, 2.24) is 0 Å². The lowest BCUT2D eigenvalue weighted by atomic mass is 10.1. The van der Waals surface area contributed by atoms with Gasteiger partial charge in [-0.05, 0) is 26.0 Å². The third-order valence-electron chi connectivity index (χ3n) is 2.86. The summed E-state index contributed by atoms with van der Waals surface area (Å²) in [5.41, 5.74) is 1.83. The summed E-state index contributed by atoms with van der Waals surface area (Å²) in [4.78, 5) is 12.7. The second-order valence-corrected chi connectivity index (χ2v) is 4.54. The number of nitro groups is 1. The number of ether oxygens (including phenoxy) is 1. The molecule has 6 heteroatoms. The number of likely N-dealkylation sites (N-methyl/N-ethyl adjacent to an activating group) is 1. The van der Waals surface area contributed by atoms with E-state index in [0.29, 0.717) is 24.1 Å². The van der Waals surface area contributed by atoms with Gasteiger partial charge in [-0.1, -0.05) is 15.9 Å². The van der Waals surface area contributed by atoms with Crippen LogP contribution in [0.2, 0.25) is 0 Å². The molecule has 5 nitrogen and oxygen atoms in total. The molecule has 1 aromatic carbocycles. The largest absolute Gasteiger partial charge is 0.380 e. The molecule has 0 aliphatic heterocycles. The lowest BCUT2D eigenvalue weighted by molar-refractivity contribution is -0.385. The first-order valence-corrected chi connectivity index (χ1v) is 7.42. The molecule has 0 aliphatic rings. The van der Waals surface area contributed by atoms with E-state index in [1.807, 2.05) is 13.0 Å². The van der Waals surface area contributed by atoms with Gasteiger partial charge in [-0.25, -0.2) is 0 Å². The number of anilines is 1. The Kier molecular flexibility index (Phi) is 6.80. The second-order valence-electron chi connectivity index (χ2n) is 3.98. The first-order valence-electron chi connectivity index (χ1n) is 6.30. The van der Waals surface area contributed by atoms with Gasteiger partial charge < -0.3 is 9.64 Å². The van der Waals surface area contributed by atoms with Crippen molar-refractivity contribution in [3.63, 3.8) is 0 Å². The zero-order chi connectivity index (χ0) is 14.3. The SMILES string of the molecule is CCOCCN(CC)c1ccc([N+](=O)[O-])c(CBr)c1. The predicted molar refractivity (Wildman–Crippen MR) is 80.1 cm³/mol. The van der Waals surface area contributed by atoms with Gasteiger partial charge in [-0.2, -0.15) is 0 Å². The molecule has 0 heterocycles. The Morgan fingerprint density at radius 1 is 1.42 bits per heavy atom. The summed E-state index contributed by atoms with van der Waals surface area (Å²) in [5, 5.41) is 11.4. The maximum atomic E-state index is 10.9. The van der Waals surface area contributed by atoms with Crippen LogP contribution in [0.15, 0.2) is 18.2 Å². The quantitative estimate of drug-likeness (QED) is 0.317. The van der Waals surface area contributed by atoms with Crippen molar-refractivity contribution in [2.45, 2.75) is 19.2 Å². The predicted octanol–water partition coefficient (Wildman–Crippen LogP) is 3.35. The van der Waals surface area contributed by atoms with Crippen LogP contribution in [-0.4, -0.2) is 31.2 Å². The highest BCUT2D eigenvalue weighted by molar-refractivity contribution is 9.08. The van der Waals surface area contributed by atoms with Crippen molar-refractivity contribution in [1.29, 1.82) is 0 Å². The molecule has 0 fully saturated rings. The fraction of sp³-hybridized carbons (Fsp3) is 0.538. The lowest BCUT2D eigenvalue weighted by Gasteiger charge is -2.23. The van der Waals surface area contributed by atoms with Gasteiger partial charge in [0.25, 0.3) is 5.69 Å². The van der Waals surface area contributed by atoms with E-state index in [9.17, 15) is 10.1 Å². The lowest BCUT2D eigenvalue weighted by Crippen LogP contribution is -2.27. The maximum Gasteiger partial charge on any atom is 0.273 e. The smallest absolute Gasteiger partial charge is 0.273 e. The van der Waals surface area contributed by atoms with Gasteiger partial charge in [0.1, 0.15) is 0 Å². The van der Waals surface area contributed by atoms with Crippen molar-refractivity contribution in [2.75, 3.05) is 31.2 Å². The first-order chi connectivity index (χ1) is 9.13. The normalized spacial score (nSPS) is 10.5. The first kappa shape index (κ1) is 15.9. The number of hydrogen-bond donors (Lipinski definition) is 0. The Hall–Kier alpha value is -1.14. The zero-order valence-electron chi connectivity index (χ0n) is 11.3. The highest BCUT2D eigenvalue weighted by Gasteiger charge is 2.15. The molecule has 0 atom stereocenters. The average molecular weight is 331 g/mol. The molecule has 0 unspecified atom stereocenters. The Morgan fingerprint density at radius 2 is 2.16 bits per heavy atom. The van der Waals surface area contributed by atoms with Crippen LogP contribution < -0.4 is 4.90 Å². The van der Waals surface area contributed by atoms with Gasteiger partial charge >= 0.3 is 0 Å². The molecule has 106 valence electrons. The van der Waals surface area contributed by atoms with E-state index in [2.05, 4.69) is 27.8 Å². The van der Waals surface area contributed by atoms with Crippen molar-refractivity contribution in [3.8, 4) is 0 Å². The summed E-state index contributed by atoms with van der Waals surface area (Å²) < 4.78 is 5.35. The summed E-state index contributed by atoms with van der Waals surface area (Å²) in [7, 11) is 0. The Balaban J connectivity index is 2.89. The number of benzene rings is 1. The molecule has 0 amide bonds. The fourth-order valence-corrected chi connectivity index (χ4v) is 2.29. The van der Waals surface area contributed by atoms with Crippen LogP contribution >= 0.6 is 15.9 Å². The third kappa shape index (κ3) is 4.47. The van der Waals surface area contributed by atoms with Crippen LogP contribution in [0.5, 0.6) is 0 Å². The Bertz CT molecular complexity index is 426. The molecule has 0 saturated carbocycles. The summed E-state index contributed by atoms with van der Waals surface area (Å²) in [6.07, 6.45) is 0. The third-order valence-corrected chi connectivity index (χ3v) is 3.46. The molecule has 0 radical (unpaired) electrons. The van der Waals surface area contributed by atoms with Crippen LogP contribution in [0.25, 0.3) is 0 Å². The summed E-state index contributed by atoms with van der Waals surface area (Å²) in [6, 6.07) is 5.22. The van der Waals surface area contributed by atoms with E-state index in [1.54, 1.807) is 12.1 Å². The number of hydrogen-bond acceptors (Lipinski definition) is 4. The monoisotopic (exact) mass is 330 g/mol. The summed E-state index contributed by atoms with van der Waals surface area (Å²) >= 11 is 3.30. The number of halogens is 1. The molecule has 0 saturated heterocycles. The van der Waals surface area contributed by atoms with Gasteiger partial charge in [0.15, 0.2) is 0 Å².